The normalized spacial score (nSPS) is 28.7. The summed E-state index contributed by atoms with van der Waals surface area (Å²) in [7, 11) is 0. The van der Waals surface area contributed by atoms with Crippen LogP contribution in [0.25, 0.3) is 21.5 Å². The molecule has 1 aliphatic carbocycles. The van der Waals surface area contributed by atoms with E-state index in [1.165, 1.54) is 21.7 Å². The van der Waals surface area contributed by atoms with Gasteiger partial charge in [-0.2, -0.15) is 0 Å². The molecule has 4 atom stereocenters. The summed E-state index contributed by atoms with van der Waals surface area (Å²) >= 11 is 0. The monoisotopic (exact) mass is 306 g/mol. The Morgan fingerprint density at radius 2 is 1.83 bits per heavy atom. The quantitative estimate of drug-likeness (QED) is 0.535. The number of ether oxygens (including phenoxy) is 1. The third-order valence-corrected chi connectivity index (χ3v) is 5.37. The average Bonchev–Trinajstić information content (AvgIpc) is 3.37. The average molecular weight is 306 g/mol. The standard InChI is InChI=1S/C20H18O3/c1-2-11-12-6-4-3-5-10(12)9-15-13(11)7-8-14-16(15)19-20(23-19)18(22)17(14)21/h3-9,17-22H,2H2,1H3/t17-,18+,19-,20+/m0/s1. The number of aliphatic hydroxyl groups excluding tert-OH is 2. The first-order valence-corrected chi connectivity index (χ1v) is 8.19. The van der Waals surface area contributed by atoms with Gasteiger partial charge in [0, 0.05) is 0 Å². The van der Waals surface area contributed by atoms with Gasteiger partial charge in [0.05, 0.1) is 0 Å². The first-order valence-electron chi connectivity index (χ1n) is 8.19. The van der Waals surface area contributed by atoms with Crippen molar-refractivity contribution in [3.05, 3.63) is 59.2 Å². The molecule has 1 saturated heterocycles. The summed E-state index contributed by atoms with van der Waals surface area (Å²) < 4.78 is 5.67. The van der Waals surface area contributed by atoms with Gasteiger partial charge >= 0.3 is 0 Å². The minimum atomic E-state index is -0.866. The van der Waals surface area contributed by atoms with Gasteiger partial charge in [0.15, 0.2) is 0 Å². The van der Waals surface area contributed by atoms with Crippen LogP contribution in [0.3, 0.4) is 0 Å². The van der Waals surface area contributed by atoms with Gasteiger partial charge in [-0.15, -0.1) is 0 Å². The van der Waals surface area contributed by atoms with Crippen molar-refractivity contribution in [3.63, 3.8) is 0 Å². The molecule has 23 heavy (non-hydrogen) atoms. The Bertz CT molecular complexity index is 946. The largest absolute Gasteiger partial charge is 0.387 e. The highest BCUT2D eigenvalue weighted by molar-refractivity contribution is 6.04. The molecule has 1 fully saturated rings. The molecular formula is C20H18O3. The molecule has 2 N–H and O–H groups in total. The molecule has 5 rings (SSSR count). The summed E-state index contributed by atoms with van der Waals surface area (Å²) in [6.45, 7) is 2.18. The van der Waals surface area contributed by atoms with Crippen molar-refractivity contribution in [3.8, 4) is 0 Å². The molecule has 3 heteroatoms. The molecule has 0 spiro atoms. The van der Waals surface area contributed by atoms with Crippen LogP contribution in [0.5, 0.6) is 0 Å². The minimum absolute atomic E-state index is 0.0852. The number of rotatable bonds is 1. The Kier molecular flexibility index (Phi) is 2.66. The van der Waals surface area contributed by atoms with Gasteiger partial charge in [0.2, 0.25) is 0 Å². The van der Waals surface area contributed by atoms with E-state index in [0.717, 1.165) is 22.9 Å². The molecule has 0 bridgehead atoms. The second kappa shape index (κ2) is 4.54. The van der Waals surface area contributed by atoms with Gasteiger partial charge in [-0.05, 0) is 50.7 Å². The lowest BCUT2D eigenvalue weighted by atomic mass is 9.82. The topological polar surface area (TPSA) is 53.0 Å². The fourth-order valence-corrected chi connectivity index (χ4v) is 4.21. The Morgan fingerprint density at radius 1 is 1.00 bits per heavy atom. The molecule has 3 nitrogen and oxygen atoms in total. The van der Waals surface area contributed by atoms with Gasteiger partial charge in [-0.1, -0.05) is 43.3 Å². The molecule has 116 valence electrons. The molecule has 0 aromatic heterocycles. The number of epoxide rings is 1. The summed E-state index contributed by atoms with van der Waals surface area (Å²) in [6, 6.07) is 14.7. The van der Waals surface area contributed by atoms with Gasteiger partial charge in [0.1, 0.15) is 24.4 Å². The lowest BCUT2D eigenvalue weighted by Gasteiger charge is -2.25. The molecule has 2 aliphatic rings. The van der Waals surface area contributed by atoms with E-state index in [1.807, 2.05) is 6.07 Å². The maximum atomic E-state index is 10.4. The second-order valence-electron chi connectivity index (χ2n) is 6.55. The van der Waals surface area contributed by atoms with E-state index in [2.05, 4.69) is 43.3 Å². The van der Waals surface area contributed by atoms with Crippen LogP contribution in [0, 0.1) is 0 Å². The van der Waals surface area contributed by atoms with Crippen LogP contribution in [0.2, 0.25) is 0 Å². The van der Waals surface area contributed by atoms with Gasteiger partial charge in [0.25, 0.3) is 0 Å². The zero-order chi connectivity index (χ0) is 15.7. The number of fused-ring (bicyclic) bond motifs is 6. The van der Waals surface area contributed by atoms with E-state index in [1.54, 1.807) is 0 Å². The Morgan fingerprint density at radius 3 is 2.65 bits per heavy atom. The second-order valence-corrected chi connectivity index (χ2v) is 6.55. The number of aliphatic hydroxyl groups is 2. The van der Waals surface area contributed by atoms with Crippen molar-refractivity contribution in [1.29, 1.82) is 0 Å². The van der Waals surface area contributed by atoms with E-state index < -0.39 is 12.2 Å². The maximum absolute atomic E-state index is 10.4. The third kappa shape index (κ3) is 1.70. The van der Waals surface area contributed by atoms with Crippen LogP contribution >= 0.6 is 0 Å². The minimum Gasteiger partial charge on any atom is -0.387 e. The van der Waals surface area contributed by atoms with E-state index in [9.17, 15) is 10.2 Å². The van der Waals surface area contributed by atoms with Crippen molar-refractivity contribution < 1.29 is 14.9 Å². The van der Waals surface area contributed by atoms with Gasteiger partial charge in [-0.25, -0.2) is 0 Å². The number of benzene rings is 3. The summed E-state index contributed by atoms with van der Waals surface area (Å²) in [5, 5.41) is 25.4. The SMILES string of the molecule is CCc1c2ccccc2cc2c3c(ccc12)[C@H](O)[C@@H](O)[C@H]1O[C@@H]31. The molecule has 0 amide bonds. The third-order valence-electron chi connectivity index (χ3n) is 5.37. The predicted molar refractivity (Wildman–Crippen MR) is 89.4 cm³/mol. The van der Waals surface area contributed by atoms with E-state index in [-0.39, 0.29) is 12.2 Å². The van der Waals surface area contributed by atoms with Crippen molar-refractivity contribution in [1.82, 2.24) is 0 Å². The van der Waals surface area contributed by atoms with E-state index in [4.69, 9.17) is 4.74 Å². The Balaban J connectivity index is 1.91. The zero-order valence-electron chi connectivity index (χ0n) is 12.9. The number of aryl methyl sites for hydroxylation is 1. The lowest BCUT2D eigenvalue weighted by Crippen LogP contribution is -2.29. The summed E-state index contributed by atoms with van der Waals surface area (Å²) in [6.07, 6.45) is -1.08. The van der Waals surface area contributed by atoms with Gasteiger partial charge in [-0.3, -0.25) is 0 Å². The summed E-state index contributed by atoms with van der Waals surface area (Å²) in [5.41, 5.74) is 3.20. The fraction of sp³-hybridized carbons (Fsp3) is 0.300. The van der Waals surface area contributed by atoms with Crippen LogP contribution in [-0.4, -0.2) is 22.4 Å². The summed E-state index contributed by atoms with van der Waals surface area (Å²) in [5.74, 6) is 0. The molecule has 0 radical (unpaired) electrons. The highest BCUT2D eigenvalue weighted by atomic mass is 16.6. The molecule has 0 saturated carbocycles. The van der Waals surface area contributed by atoms with Crippen molar-refractivity contribution in [2.45, 2.75) is 37.8 Å². The Labute approximate surface area is 134 Å². The van der Waals surface area contributed by atoms with Crippen molar-refractivity contribution >= 4 is 21.5 Å². The lowest BCUT2D eigenvalue weighted by molar-refractivity contribution is 0.000105. The highest BCUT2D eigenvalue weighted by Crippen LogP contribution is 2.53. The molecular weight excluding hydrogens is 288 g/mol. The highest BCUT2D eigenvalue weighted by Gasteiger charge is 2.54. The molecule has 3 aromatic carbocycles. The van der Waals surface area contributed by atoms with Crippen LogP contribution < -0.4 is 0 Å². The van der Waals surface area contributed by atoms with Crippen LogP contribution in [0.15, 0.2) is 42.5 Å². The number of hydrogen-bond acceptors (Lipinski definition) is 3. The van der Waals surface area contributed by atoms with Crippen LogP contribution in [-0.2, 0) is 11.2 Å². The maximum Gasteiger partial charge on any atom is 0.118 e. The van der Waals surface area contributed by atoms with E-state index >= 15 is 0 Å². The first-order chi connectivity index (χ1) is 11.2. The fourth-order valence-electron chi connectivity index (χ4n) is 4.21. The van der Waals surface area contributed by atoms with Crippen LogP contribution in [0.4, 0.5) is 0 Å². The Hall–Kier alpha value is -1.94. The molecule has 1 heterocycles. The number of hydrogen-bond donors (Lipinski definition) is 2. The zero-order valence-corrected chi connectivity index (χ0v) is 12.9. The van der Waals surface area contributed by atoms with E-state index in [0.29, 0.717) is 0 Å². The molecule has 0 unspecified atom stereocenters. The van der Waals surface area contributed by atoms with Gasteiger partial charge < -0.3 is 14.9 Å². The van der Waals surface area contributed by atoms with Crippen molar-refractivity contribution in [2.75, 3.05) is 0 Å². The van der Waals surface area contributed by atoms with Crippen molar-refractivity contribution in [2.24, 2.45) is 0 Å². The smallest absolute Gasteiger partial charge is 0.118 e. The summed E-state index contributed by atoms with van der Waals surface area (Å²) in [4.78, 5) is 0. The molecule has 3 aromatic rings. The molecule has 1 aliphatic heterocycles. The predicted octanol–water partition coefficient (Wildman–Crippen LogP) is 3.40. The van der Waals surface area contributed by atoms with Crippen LogP contribution in [0.1, 0.15) is 35.8 Å². The first kappa shape index (κ1) is 13.5.